The summed E-state index contributed by atoms with van der Waals surface area (Å²) in [4.78, 5) is 23.4. The summed E-state index contributed by atoms with van der Waals surface area (Å²) in [6.45, 7) is 4.70. The van der Waals surface area contributed by atoms with E-state index in [0.29, 0.717) is 17.4 Å². The third-order valence-electron chi connectivity index (χ3n) is 15.2. The quantitative estimate of drug-likeness (QED) is 0.0243. The van der Waals surface area contributed by atoms with Crippen molar-refractivity contribution >= 4 is 13.7 Å². The van der Waals surface area contributed by atoms with Crippen molar-refractivity contribution in [1.82, 2.24) is 5.32 Å². The summed E-state index contributed by atoms with van der Waals surface area (Å²) >= 11 is 0. The second kappa shape index (κ2) is 63.7. The molecule has 0 saturated heterocycles. The van der Waals surface area contributed by atoms with E-state index in [1.165, 1.54) is 180 Å². The predicted octanol–water partition coefficient (Wildman–Crippen LogP) is 22.3. The van der Waals surface area contributed by atoms with Gasteiger partial charge in [-0.25, -0.2) is 4.57 Å². The molecule has 0 aliphatic carbocycles. The SMILES string of the molecule is CC/C=C\C/C=C\C/C=C\C/C=C\C/C=C\C/C=C\C/C=C\C/C=C\CCCCCCC(=O)NC(COP(=O)(O)OCC[N+](C)(C)C)C(O)/C=C/CCCCCCCCCCCCCCCCCCCCCCCCCCCCCCCC. The van der Waals surface area contributed by atoms with Crippen LogP contribution in [0.2, 0.25) is 0 Å². The molecule has 0 fully saturated rings. The largest absolute Gasteiger partial charge is 0.472 e. The van der Waals surface area contributed by atoms with E-state index in [2.05, 4.69) is 116 Å². The molecule has 0 rings (SSSR count). The highest BCUT2D eigenvalue weighted by Gasteiger charge is 2.28. The zero-order valence-electron chi connectivity index (χ0n) is 54.9. The molecule has 0 aliphatic rings. The fourth-order valence-corrected chi connectivity index (χ4v) is 10.6. The number of nitrogens with zero attached hydrogens (tertiary/aromatic N) is 1. The Labute approximate surface area is 514 Å². The first-order valence-corrected chi connectivity index (χ1v) is 36.3. The van der Waals surface area contributed by atoms with Gasteiger partial charge in [-0.2, -0.15) is 0 Å². The van der Waals surface area contributed by atoms with Crippen LogP contribution in [-0.2, 0) is 18.4 Å². The Hall–Kier alpha value is -2.84. The average molecular weight is 1180 g/mol. The van der Waals surface area contributed by atoms with Gasteiger partial charge in [-0.1, -0.05) is 322 Å². The van der Waals surface area contributed by atoms with Crippen molar-refractivity contribution in [3.8, 4) is 0 Å². The molecule has 0 aromatic heterocycles. The molecule has 0 aromatic rings. The Morgan fingerprint density at radius 1 is 0.422 bits per heavy atom. The Balaban J connectivity index is 4.17. The van der Waals surface area contributed by atoms with Gasteiger partial charge in [-0.05, 0) is 83.5 Å². The smallest absolute Gasteiger partial charge is 0.387 e. The monoisotopic (exact) mass is 1180 g/mol. The molecule has 480 valence electrons. The number of carbonyl (C=O) groups is 1. The number of quaternary nitrogens is 1. The van der Waals surface area contributed by atoms with Gasteiger partial charge >= 0.3 is 7.82 Å². The van der Waals surface area contributed by atoms with Crippen LogP contribution in [0.4, 0.5) is 0 Å². The van der Waals surface area contributed by atoms with Gasteiger partial charge in [0.25, 0.3) is 0 Å². The zero-order valence-corrected chi connectivity index (χ0v) is 55.8. The van der Waals surface area contributed by atoms with Crippen molar-refractivity contribution in [2.75, 3.05) is 40.9 Å². The number of allylic oxidation sites excluding steroid dienone is 17. The van der Waals surface area contributed by atoms with Crippen molar-refractivity contribution < 1.29 is 32.9 Å². The van der Waals surface area contributed by atoms with Gasteiger partial charge < -0.3 is 19.8 Å². The molecular weight excluding hydrogens is 1040 g/mol. The number of phosphoric ester groups is 1. The van der Waals surface area contributed by atoms with E-state index in [0.717, 1.165) is 103 Å². The predicted molar refractivity (Wildman–Crippen MR) is 364 cm³/mol. The first-order chi connectivity index (χ1) is 40.5. The van der Waals surface area contributed by atoms with Crippen LogP contribution in [0.5, 0.6) is 0 Å². The molecule has 1 amide bonds. The minimum absolute atomic E-state index is 0.0506. The molecule has 0 bridgehead atoms. The minimum Gasteiger partial charge on any atom is -0.387 e. The summed E-state index contributed by atoms with van der Waals surface area (Å²) in [5.41, 5.74) is 0. The second-order valence-corrected chi connectivity index (χ2v) is 26.0. The molecule has 0 aromatic carbocycles. The molecule has 3 N–H and O–H groups in total. The Morgan fingerprint density at radius 2 is 0.723 bits per heavy atom. The molecule has 0 heterocycles. The molecule has 3 unspecified atom stereocenters. The second-order valence-electron chi connectivity index (χ2n) is 24.5. The summed E-state index contributed by atoms with van der Waals surface area (Å²) in [6.07, 6.45) is 93.8. The van der Waals surface area contributed by atoms with E-state index >= 15 is 0 Å². The number of rotatable bonds is 63. The summed E-state index contributed by atoms with van der Waals surface area (Å²) < 4.78 is 23.8. The van der Waals surface area contributed by atoms with E-state index in [4.69, 9.17) is 9.05 Å². The summed E-state index contributed by atoms with van der Waals surface area (Å²) in [6, 6.07) is -0.871. The summed E-state index contributed by atoms with van der Waals surface area (Å²) in [7, 11) is 1.55. The highest BCUT2D eigenvalue weighted by molar-refractivity contribution is 7.47. The maximum atomic E-state index is 13.0. The lowest BCUT2D eigenvalue weighted by molar-refractivity contribution is -0.870. The number of aliphatic hydroxyl groups is 1. The number of hydrogen-bond acceptors (Lipinski definition) is 5. The summed E-state index contributed by atoms with van der Waals surface area (Å²) in [5, 5.41) is 14.0. The number of carbonyl (C=O) groups excluding carboxylic acids is 1. The van der Waals surface area contributed by atoms with E-state index in [9.17, 15) is 19.4 Å². The maximum absolute atomic E-state index is 13.0. The van der Waals surface area contributed by atoms with Crippen molar-refractivity contribution in [3.05, 3.63) is 109 Å². The number of hydrogen-bond donors (Lipinski definition) is 3. The Morgan fingerprint density at radius 3 is 1.06 bits per heavy atom. The van der Waals surface area contributed by atoms with Gasteiger partial charge in [0.2, 0.25) is 5.91 Å². The van der Waals surface area contributed by atoms with Gasteiger partial charge in [0.15, 0.2) is 0 Å². The molecule has 0 spiro atoms. The number of nitrogens with one attached hydrogen (secondary N) is 1. The van der Waals surface area contributed by atoms with E-state index < -0.39 is 20.0 Å². The summed E-state index contributed by atoms with van der Waals surface area (Å²) in [5.74, 6) is -0.202. The topological polar surface area (TPSA) is 105 Å². The Bertz CT molecular complexity index is 1720. The van der Waals surface area contributed by atoms with E-state index in [1.807, 2.05) is 27.2 Å². The first-order valence-electron chi connectivity index (χ1n) is 34.8. The van der Waals surface area contributed by atoms with Crippen LogP contribution in [0.15, 0.2) is 109 Å². The van der Waals surface area contributed by atoms with Gasteiger partial charge in [-0.3, -0.25) is 13.8 Å². The van der Waals surface area contributed by atoms with Gasteiger partial charge in [0, 0.05) is 6.42 Å². The number of aliphatic hydroxyl groups excluding tert-OH is 1. The van der Waals surface area contributed by atoms with Crippen molar-refractivity contribution in [3.63, 3.8) is 0 Å². The molecule has 3 atom stereocenters. The molecular formula is C74H134N2O6P+. The lowest BCUT2D eigenvalue weighted by atomic mass is 10.0. The van der Waals surface area contributed by atoms with Gasteiger partial charge in [0.1, 0.15) is 13.2 Å². The van der Waals surface area contributed by atoms with E-state index in [1.54, 1.807) is 6.08 Å². The third kappa shape index (κ3) is 66.5. The number of amides is 1. The van der Waals surface area contributed by atoms with Crippen LogP contribution in [0, 0.1) is 0 Å². The molecule has 83 heavy (non-hydrogen) atoms. The molecule has 0 saturated carbocycles. The third-order valence-corrected chi connectivity index (χ3v) is 16.2. The van der Waals surface area contributed by atoms with Crippen LogP contribution >= 0.6 is 7.82 Å². The van der Waals surface area contributed by atoms with Crippen molar-refractivity contribution in [2.45, 2.75) is 315 Å². The van der Waals surface area contributed by atoms with Gasteiger partial charge in [-0.15, -0.1) is 0 Å². The van der Waals surface area contributed by atoms with E-state index in [-0.39, 0.29) is 19.1 Å². The molecule has 0 aliphatic heterocycles. The minimum atomic E-state index is -4.37. The van der Waals surface area contributed by atoms with Crippen molar-refractivity contribution in [1.29, 1.82) is 0 Å². The standard InChI is InChI=1S/C74H133N2O6P/c1-6-8-10-12-14-16-18-20-22-24-26-28-30-32-34-36-37-38-40-41-43-45-47-49-51-53-55-57-59-61-63-65-67-73(77)72(71-82-83(79,80)81-70-69-76(3,4)5)75-74(78)68-66-64-62-60-58-56-54-52-50-48-46-44-42-39-35-33-31-29-27-25-23-21-19-17-15-13-11-9-7-2/h9,11,15,17,21,23,27,29,33,35,42,44,48,50,54,56,65,67,72-73,77H,6-8,10,12-14,16,18-20,22,24-26,28,30-32,34,36-41,43,45-47,49,51-53,55,57-64,66,68-71H2,1-5H3,(H-,75,78,79,80)/p+1/b11-9-,17-15-,23-21-,29-27-,35-33-,44-42-,50-48-,56-54-,67-65+. The highest BCUT2D eigenvalue weighted by Crippen LogP contribution is 2.43. The van der Waals surface area contributed by atoms with Crippen LogP contribution in [0.1, 0.15) is 303 Å². The maximum Gasteiger partial charge on any atom is 0.472 e. The number of unbranched alkanes of at least 4 members (excludes halogenated alkanes) is 34. The van der Waals surface area contributed by atoms with Crippen LogP contribution in [0.25, 0.3) is 0 Å². The zero-order chi connectivity index (χ0) is 60.5. The first kappa shape index (κ1) is 80.2. The molecule has 8 nitrogen and oxygen atoms in total. The average Bonchev–Trinajstić information content (AvgIpc) is 3.50. The van der Waals surface area contributed by atoms with Crippen LogP contribution in [-0.4, -0.2) is 73.4 Å². The van der Waals surface area contributed by atoms with Gasteiger partial charge in [0.05, 0.1) is 39.9 Å². The molecule has 0 radical (unpaired) electrons. The van der Waals surface area contributed by atoms with Crippen molar-refractivity contribution in [2.24, 2.45) is 0 Å². The fraction of sp³-hybridized carbons (Fsp3) is 0.743. The Kier molecular flexibility index (Phi) is 61.5. The normalized spacial score (nSPS) is 14.3. The lowest BCUT2D eigenvalue weighted by Gasteiger charge is -2.25. The fourth-order valence-electron chi connectivity index (χ4n) is 9.88. The number of phosphoric acid groups is 1. The molecule has 9 heteroatoms. The van der Waals surface area contributed by atoms with Crippen LogP contribution in [0.3, 0.4) is 0 Å². The lowest BCUT2D eigenvalue weighted by Crippen LogP contribution is -2.45. The highest BCUT2D eigenvalue weighted by atomic mass is 31.2. The number of likely N-dealkylation sites (N-methyl/N-ethyl adjacent to an activating group) is 1. The van der Waals surface area contributed by atoms with Crippen LogP contribution < -0.4 is 5.32 Å².